The first-order valence-corrected chi connectivity index (χ1v) is 21.9. The van der Waals surface area contributed by atoms with Gasteiger partial charge in [-0.15, -0.1) is 11.3 Å². The van der Waals surface area contributed by atoms with E-state index in [9.17, 15) is 0 Å². The Balaban J connectivity index is 1.16. The van der Waals surface area contributed by atoms with Crippen LogP contribution in [0.15, 0.2) is 210 Å². The maximum atomic E-state index is 5.77. The fourth-order valence-electron chi connectivity index (χ4n) is 9.48. The lowest BCUT2D eigenvalue weighted by molar-refractivity contribution is 0.791. The zero-order chi connectivity index (χ0) is 40.4. The number of aliphatic imine (C=N–C) groups is 2. The lowest BCUT2D eigenvalue weighted by Crippen LogP contribution is -2.17. The van der Waals surface area contributed by atoms with E-state index in [1.807, 2.05) is 11.3 Å². The molecule has 3 heterocycles. The predicted octanol–water partition coefficient (Wildman–Crippen LogP) is 15.4. The third-order valence-electron chi connectivity index (χ3n) is 12.5. The van der Waals surface area contributed by atoms with E-state index in [1.54, 1.807) is 0 Å². The quantitative estimate of drug-likeness (QED) is 0.166. The molecule has 0 saturated carbocycles. The van der Waals surface area contributed by atoms with E-state index < -0.39 is 0 Å². The van der Waals surface area contributed by atoms with Crippen LogP contribution in [-0.2, 0) is 0 Å². The van der Waals surface area contributed by atoms with Gasteiger partial charge in [-0.3, -0.25) is 0 Å². The SMILES string of the molecule is CC1C/C=C(\c2c(-n3c4ccccc4c4cc5ccccc5cc43)ccc3sc4ccccc4c23)N=C(c2ccc(-c3ccccc3)cc2)N=C1c1cccc2ccccc12. The molecule has 3 nitrogen and oxygen atoms in total. The van der Waals surface area contributed by atoms with Crippen molar-refractivity contribution in [2.24, 2.45) is 15.9 Å². The molecule has 0 saturated heterocycles. The van der Waals surface area contributed by atoms with Gasteiger partial charge in [0.2, 0.25) is 0 Å². The Morgan fingerprint density at radius 3 is 1.98 bits per heavy atom. The molecule has 4 heteroatoms. The van der Waals surface area contributed by atoms with Crippen molar-refractivity contribution in [3.63, 3.8) is 0 Å². The number of amidine groups is 1. The molecule has 0 bridgehead atoms. The fourth-order valence-corrected chi connectivity index (χ4v) is 10.6. The molecule has 2 aromatic heterocycles. The van der Waals surface area contributed by atoms with Gasteiger partial charge in [0.05, 0.1) is 28.1 Å². The number of fused-ring (bicyclic) bond motifs is 8. The molecule has 11 aromatic rings. The van der Waals surface area contributed by atoms with Crippen molar-refractivity contribution in [1.29, 1.82) is 0 Å². The van der Waals surface area contributed by atoms with Gasteiger partial charge in [0, 0.05) is 53.6 Å². The van der Waals surface area contributed by atoms with Crippen LogP contribution >= 0.6 is 11.3 Å². The maximum absolute atomic E-state index is 5.77. The molecule has 0 N–H and O–H groups in total. The van der Waals surface area contributed by atoms with Crippen LogP contribution in [0.25, 0.3) is 86.0 Å². The van der Waals surface area contributed by atoms with E-state index in [4.69, 9.17) is 9.98 Å². The number of allylic oxidation sites excluding steroid dienone is 1. The van der Waals surface area contributed by atoms with Crippen LogP contribution < -0.4 is 0 Å². The minimum atomic E-state index is 0.108. The Morgan fingerprint density at radius 1 is 0.492 bits per heavy atom. The van der Waals surface area contributed by atoms with Crippen LogP contribution in [0.3, 0.4) is 0 Å². The molecule has 0 spiro atoms. The van der Waals surface area contributed by atoms with Gasteiger partial charge in [-0.25, -0.2) is 9.98 Å². The second-order valence-electron chi connectivity index (χ2n) is 16.1. The number of hydrogen-bond donors (Lipinski definition) is 0. The lowest BCUT2D eigenvalue weighted by Gasteiger charge is -2.21. The van der Waals surface area contributed by atoms with E-state index in [2.05, 4.69) is 212 Å². The van der Waals surface area contributed by atoms with E-state index in [-0.39, 0.29) is 5.92 Å². The summed E-state index contributed by atoms with van der Waals surface area (Å²) in [6.45, 7) is 2.32. The van der Waals surface area contributed by atoms with Gasteiger partial charge in [-0.1, -0.05) is 171 Å². The van der Waals surface area contributed by atoms with Crippen LogP contribution in [0.1, 0.15) is 30.0 Å². The molecule has 9 aromatic carbocycles. The number of nitrogens with zero attached hydrogens (tertiary/aromatic N) is 3. The van der Waals surface area contributed by atoms with Crippen molar-refractivity contribution in [2.45, 2.75) is 13.3 Å². The molecule has 12 rings (SSSR count). The minimum absolute atomic E-state index is 0.108. The Bertz CT molecular complexity index is 3620. The summed E-state index contributed by atoms with van der Waals surface area (Å²) in [6.07, 6.45) is 3.16. The average molecular weight is 798 g/mol. The molecule has 288 valence electrons. The first kappa shape index (κ1) is 35.5. The number of thiophene rings is 1. The molecular formula is C57H39N3S. The van der Waals surface area contributed by atoms with Crippen molar-refractivity contribution in [3.8, 4) is 16.8 Å². The summed E-state index contributed by atoms with van der Waals surface area (Å²) in [4.78, 5) is 11.4. The number of para-hydroxylation sites is 1. The number of rotatable bonds is 5. The predicted molar refractivity (Wildman–Crippen MR) is 262 cm³/mol. The zero-order valence-electron chi connectivity index (χ0n) is 33.6. The molecule has 61 heavy (non-hydrogen) atoms. The van der Waals surface area contributed by atoms with Crippen molar-refractivity contribution in [3.05, 3.63) is 217 Å². The highest BCUT2D eigenvalue weighted by Gasteiger charge is 2.25. The topological polar surface area (TPSA) is 29.6 Å². The smallest absolute Gasteiger partial charge is 0.160 e. The monoisotopic (exact) mass is 797 g/mol. The summed E-state index contributed by atoms with van der Waals surface area (Å²) in [5.74, 6) is 0.812. The standard InChI is InChI=1S/C57H39N3S/c1-36-26-31-48(58-57(40-29-27-38(28-30-40)37-14-3-2-4-15-37)59-56(36)45-23-13-19-39-16-7-8-20-43(39)45)55-50(32-33-53-54(55)46-22-10-12-25-52(46)61-53)60-49-24-11-9-21-44(49)47-34-41-17-5-6-18-42(41)35-51(47)60/h2-25,27-36H,26H2,1H3/b48-31+,58-57?,59-56?. The second-order valence-corrected chi connectivity index (χ2v) is 17.2. The number of hydrogen-bond acceptors (Lipinski definition) is 3. The lowest BCUT2D eigenvalue weighted by atomic mass is 9.90. The van der Waals surface area contributed by atoms with Crippen LogP contribution in [-0.4, -0.2) is 16.1 Å². The molecule has 0 aliphatic carbocycles. The van der Waals surface area contributed by atoms with E-state index in [0.717, 1.165) is 45.8 Å². The van der Waals surface area contributed by atoms with E-state index in [1.165, 1.54) is 69.1 Å². The molecule has 1 aliphatic heterocycles. The molecule has 1 unspecified atom stereocenters. The summed E-state index contributed by atoms with van der Waals surface area (Å²) in [6, 6.07) is 70.3. The van der Waals surface area contributed by atoms with Crippen LogP contribution in [0.5, 0.6) is 0 Å². The van der Waals surface area contributed by atoms with Gasteiger partial charge >= 0.3 is 0 Å². The van der Waals surface area contributed by atoms with Crippen LogP contribution in [0, 0.1) is 5.92 Å². The van der Waals surface area contributed by atoms with E-state index >= 15 is 0 Å². The summed E-state index contributed by atoms with van der Waals surface area (Å²) in [5.41, 5.74) is 11.0. The maximum Gasteiger partial charge on any atom is 0.160 e. The summed E-state index contributed by atoms with van der Waals surface area (Å²) >= 11 is 1.85. The minimum Gasteiger partial charge on any atom is -0.309 e. The molecule has 0 amide bonds. The van der Waals surface area contributed by atoms with E-state index in [0.29, 0.717) is 5.84 Å². The van der Waals surface area contributed by atoms with Gasteiger partial charge < -0.3 is 4.57 Å². The highest BCUT2D eigenvalue weighted by atomic mass is 32.1. The molecule has 1 atom stereocenters. The highest BCUT2D eigenvalue weighted by molar-refractivity contribution is 7.25. The van der Waals surface area contributed by atoms with Gasteiger partial charge in [0.15, 0.2) is 5.84 Å². The Kier molecular flexibility index (Phi) is 8.39. The van der Waals surface area contributed by atoms with Crippen LogP contribution in [0.4, 0.5) is 0 Å². The first-order chi connectivity index (χ1) is 30.2. The Morgan fingerprint density at radius 2 is 1.15 bits per heavy atom. The van der Waals surface area contributed by atoms with Gasteiger partial charge in [0.1, 0.15) is 0 Å². The molecule has 0 fully saturated rings. The van der Waals surface area contributed by atoms with Crippen molar-refractivity contribution < 1.29 is 0 Å². The Hall–Kier alpha value is -7.40. The van der Waals surface area contributed by atoms with Gasteiger partial charge in [-0.2, -0.15) is 0 Å². The molecule has 0 radical (unpaired) electrons. The van der Waals surface area contributed by atoms with Crippen LogP contribution in [0.2, 0.25) is 0 Å². The summed E-state index contributed by atoms with van der Waals surface area (Å²) < 4.78 is 4.99. The Labute approximate surface area is 357 Å². The average Bonchev–Trinajstić information content (AvgIpc) is 3.85. The first-order valence-electron chi connectivity index (χ1n) is 21.0. The molecular weight excluding hydrogens is 759 g/mol. The second kappa shape index (κ2) is 14.4. The fraction of sp³-hybridized carbons (Fsp3) is 0.0526. The van der Waals surface area contributed by atoms with Gasteiger partial charge in [0.25, 0.3) is 0 Å². The number of aromatic nitrogens is 1. The normalized spacial score (nSPS) is 15.6. The zero-order valence-corrected chi connectivity index (χ0v) is 34.4. The van der Waals surface area contributed by atoms with Crippen molar-refractivity contribution >= 4 is 92.1 Å². The number of benzene rings is 9. The third kappa shape index (κ3) is 5.94. The third-order valence-corrected chi connectivity index (χ3v) is 13.6. The molecule has 1 aliphatic rings. The highest BCUT2D eigenvalue weighted by Crippen LogP contribution is 2.45. The summed E-state index contributed by atoms with van der Waals surface area (Å²) in [7, 11) is 0. The summed E-state index contributed by atoms with van der Waals surface area (Å²) in [5, 5.41) is 9.81. The van der Waals surface area contributed by atoms with Crippen molar-refractivity contribution in [1.82, 2.24) is 4.57 Å². The largest absolute Gasteiger partial charge is 0.309 e. The van der Waals surface area contributed by atoms with Gasteiger partial charge in [-0.05, 0) is 75.5 Å². The van der Waals surface area contributed by atoms with Crippen molar-refractivity contribution in [2.75, 3.05) is 0 Å².